The van der Waals surface area contributed by atoms with Crippen LogP contribution in [0.15, 0.2) is 85.1 Å². The molecule has 0 aromatic heterocycles. The van der Waals surface area contributed by atoms with Crippen LogP contribution >= 0.6 is 0 Å². The average molecular weight is 1030 g/mol. The highest BCUT2D eigenvalue weighted by Crippen LogP contribution is 2.16. The fraction of sp³-hybridized carbons (Fsp3) is 0.750. The van der Waals surface area contributed by atoms with Crippen LogP contribution < -0.4 is 0 Å². The number of unbranched alkanes of at least 4 members (excludes halogenated alkanes) is 32. The van der Waals surface area contributed by atoms with Crippen molar-refractivity contribution in [3.8, 4) is 0 Å². The van der Waals surface area contributed by atoms with Crippen molar-refractivity contribution in [2.75, 3.05) is 13.2 Å². The highest BCUT2D eigenvalue weighted by molar-refractivity contribution is 5.71. The van der Waals surface area contributed by atoms with Crippen molar-refractivity contribution < 1.29 is 28.6 Å². The summed E-state index contributed by atoms with van der Waals surface area (Å²) in [5.74, 6) is -0.934. The van der Waals surface area contributed by atoms with Crippen LogP contribution in [0.5, 0.6) is 0 Å². The van der Waals surface area contributed by atoms with Gasteiger partial charge in [0.2, 0.25) is 0 Å². The molecule has 1 atom stereocenters. The van der Waals surface area contributed by atoms with Crippen molar-refractivity contribution >= 4 is 17.9 Å². The van der Waals surface area contributed by atoms with Gasteiger partial charge in [-0.15, -0.1) is 0 Å². The number of carbonyl (C=O) groups excluding carboxylic acids is 3. The highest BCUT2D eigenvalue weighted by Gasteiger charge is 2.19. The van der Waals surface area contributed by atoms with E-state index in [1.54, 1.807) is 0 Å². The third-order valence-electron chi connectivity index (χ3n) is 13.6. The topological polar surface area (TPSA) is 78.9 Å². The van der Waals surface area contributed by atoms with Crippen LogP contribution in [0.1, 0.15) is 310 Å². The quantitative estimate of drug-likeness (QED) is 0.0261. The number of ether oxygens (including phenoxy) is 3. The van der Waals surface area contributed by atoms with E-state index in [0.29, 0.717) is 19.3 Å². The Hall–Kier alpha value is -3.41. The summed E-state index contributed by atoms with van der Waals surface area (Å²) in [6.45, 7) is 6.50. The standard InChI is InChI=1S/C68H118O6/c1-4-7-10-13-16-19-22-25-28-30-32-33-34-35-36-38-40-43-46-49-52-55-58-61-67(70)73-64-65(63-72-66(69)60-57-54-51-48-45-42-39-27-24-21-18-15-12-9-6-3)74-68(71)62-59-56-53-50-47-44-41-37-31-29-26-23-20-17-14-11-8-5-2/h9,12,18,20-21,23,27,29-32,39,45,48,65H,4-8,10-11,13-17,19,22,24-26,28,33-38,40-44,46-47,49-64H2,1-3H3/b12-9-,21-18-,23-20-,31-29-,32-30-,39-27-,48-45-. The van der Waals surface area contributed by atoms with E-state index in [2.05, 4.69) is 106 Å². The maximum Gasteiger partial charge on any atom is 0.306 e. The van der Waals surface area contributed by atoms with Gasteiger partial charge in [0.25, 0.3) is 0 Å². The Labute approximate surface area is 458 Å². The second-order valence-electron chi connectivity index (χ2n) is 20.9. The molecule has 0 aromatic rings. The lowest BCUT2D eigenvalue weighted by Crippen LogP contribution is -2.30. The van der Waals surface area contributed by atoms with E-state index >= 15 is 0 Å². The van der Waals surface area contributed by atoms with Crippen molar-refractivity contribution in [1.82, 2.24) is 0 Å². The molecule has 0 saturated carbocycles. The SMILES string of the molecule is CC/C=C\C/C=C\C/C=C\C/C=C\CCCCC(=O)OCC(COC(=O)CCCCCCCCCCCCC/C=C\CCCCCCCCCC)OC(=O)CCCCCCCCC/C=C\C/C=C\CCCCCC. The van der Waals surface area contributed by atoms with Gasteiger partial charge >= 0.3 is 17.9 Å². The lowest BCUT2D eigenvalue weighted by Gasteiger charge is -2.18. The Morgan fingerprint density at radius 3 is 0.878 bits per heavy atom. The first-order valence-corrected chi connectivity index (χ1v) is 31.6. The van der Waals surface area contributed by atoms with E-state index in [4.69, 9.17) is 14.2 Å². The Balaban J connectivity index is 4.38. The maximum absolute atomic E-state index is 12.9. The van der Waals surface area contributed by atoms with Gasteiger partial charge in [0.05, 0.1) is 0 Å². The van der Waals surface area contributed by atoms with Gasteiger partial charge in [-0.2, -0.15) is 0 Å². The van der Waals surface area contributed by atoms with Crippen molar-refractivity contribution in [2.24, 2.45) is 0 Å². The lowest BCUT2D eigenvalue weighted by atomic mass is 10.0. The molecule has 0 aliphatic rings. The van der Waals surface area contributed by atoms with Crippen LogP contribution in [0.4, 0.5) is 0 Å². The number of carbonyl (C=O) groups is 3. The zero-order valence-corrected chi connectivity index (χ0v) is 48.8. The van der Waals surface area contributed by atoms with E-state index in [0.717, 1.165) is 96.3 Å². The predicted molar refractivity (Wildman–Crippen MR) is 321 cm³/mol. The first-order valence-electron chi connectivity index (χ1n) is 31.6. The summed E-state index contributed by atoms with van der Waals surface area (Å²) in [5.41, 5.74) is 0. The van der Waals surface area contributed by atoms with Gasteiger partial charge < -0.3 is 14.2 Å². The van der Waals surface area contributed by atoms with Crippen molar-refractivity contribution in [3.63, 3.8) is 0 Å². The first-order chi connectivity index (χ1) is 36.5. The van der Waals surface area contributed by atoms with E-state index in [1.165, 1.54) is 173 Å². The summed E-state index contributed by atoms with van der Waals surface area (Å²) in [6.07, 6.45) is 81.6. The zero-order chi connectivity index (χ0) is 53.6. The second kappa shape index (κ2) is 62.1. The third kappa shape index (κ3) is 59.5. The van der Waals surface area contributed by atoms with Gasteiger partial charge in [-0.25, -0.2) is 0 Å². The Morgan fingerprint density at radius 2 is 0.527 bits per heavy atom. The molecule has 0 rings (SSSR count). The molecule has 0 saturated heterocycles. The molecule has 426 valence electrons. The van der Waals surface area contributed by atoms with Crippen molar-refractivity contribution in [2.45, 2.75) is 316 Å². The third-order valence-corrected chi connectivity index (χ3v) is 13.6. The van der Waals surface area contributed by atoms with Crippen LogP contribution in [0.2, 0.25) is 0 Å². The predicted octanol–water partition coefficient (Wildman–Crippen LogP) is 21.5. The van der Waals surface area contributed by atoms with Gasteiger partial charge in [-0.1, -0.05) is 260 Å². The summed E-state index contributed by atoms with van der Waals surface area (Å²) >= 11 is 0. The van der Waals surface area contributed by atoms with E-state index in [9.17, 15) is 14.4 Å². The zero-order valence-electron chi connectivity index (χ0n) is 48.8. The van der Waals surface area contributed by atoms with Crippen LogP contribution in [-0.4, -0.2) is 37.2 Å². The molecule has 0 aromatic carbocycles. The number of esters is 3. The second-order valence-corrected chi connectivity index (χ2v) is 20.9. The summed E-state index contributed by atoms with van der Waals surface area (Å²) in [4.78, 5) is 38.3. The summed E-state index contributed by atoms with van der Waals surface area (Å²) in [5, 5.41) is 0. The van der Waals surface area contributed by atoms with E-state index in [-0.39, 0.29) is 31.1 Å². The molecule has 0 fully saturated rings. The molecule has 0 aliphatic heterocycles. The minimum absolute atomic E-state index is 0.0925. The molecule has 6 nitrogen and oxygen atoms in total. The van der Waals surface area contributed by atoms with Crippen molar-refractivity contribution in [1.29, 1.82) is 0 Å². The van der Waals surface area contributed by atoms with Crippen molar-refractivity contribution in [3.05, 3.63) is 85.1 Å². The number of hydrogen-bond acceptors (Lipinski definition) is 6. The Kier molecular flexibility index (Phi) is 59.3. The number of rotatable bonds is 57. The van der Waals surface area contributed by atoms with Gasteiger partial charge in [-0.3, -0.25) is 14.4 Å². The van der Waals surface area contributed by atoms with Gasteiger partial charge in [0.1, 0.15) is 13.2 Å². The fourth-order valence-corrected chi connectivity index (χ4v) is 8.87. The average Bonchev–Trinajstić information content (AvgIpc) is 3.40. The molecule has 1 unspecified atom stereocenters. The van der Waals surface area contributed by atoms with Crippen LogP contribution in [0.25, 0.3) is 0 Å². The fourth-order valence-electron chi connectivity index (χ4n) is 8.87. The minimum atomic E-state index is -0.799. The molecule has 0 aliphatic carbocycles. The molecular formula is C68H118O6. The smallest absolute Gasteiger partial charge is 0.306 e. The largest absolute Gasteiger partial charge is 0.462 e. The molecule has 0 bridgehead atoms. The van der Waals surface area contributed by atoms with Gasteiger partial charge in [0.15, 0.2) is 6.10 Å². The molecule has 74 heavy (non-hydrogen) atoms. The lowest BCUT2D eigenvalue weighted by molar-refractivity contribution is -0.167. The van der Waals surface area contributed by atoms with Crippen LogP contribution in [0.3, 0.4) is 0 Å². The molecule has 6 heteroatoms. The molecule has 0 radical (unpaired) electrons. The summed E-state index contributed by atoms with van der Waals surface area (Å²) in [7, 11) is 0. The van der Waals surface area contributed by atoms with Crippen LogP contribution in [-0.2, 0) is 28.6 Å². The number of allylic oxidation sites excluding steroid dienone is 14. The van der Waals surface area contributed by atoms with E-state index < -0.39 is 6.10 Å². The monoisotopic (exact) mass is 1030 g/mol. The van der Waals surface area contributed by atoms with Crippen LogP contribution in [0, 0.1) is 0 Å². The van der Waals surface area contributed by atoms with E-state index in [1.807, 2.05) is 0 Å². The normalized spacial score (nSPS) is 12.6. The minimum Gasteiger partial charge on any atom is -0.462 e. The molecule has 0 N–H and O–H groups in total. The van der Waals surface area contributed by atoms with Gasteiger partial charge in [0, 0.05) is 19.3 Å². The molecular weight excluding hydrogens is 913 g/mol. The molecule has 0 amide bonds. The maximum atomic E-state index is 12.9. The summed E-state index contributed by atoms with van der Waals surface area (Å²) in [6, 6.07) is 0. The number of hydrogen-bond donors (Lipinski definition) is 0. The summed E-state index contributed by atoms with van der Waals surface area (Å²) < 4.78 is 16.9. The molecule has 0 heterocycles. The first kappa shape index (κ1) is 70.6. The highest BCUT2D eigenvalue weighted by atomic mass is 16.6. The van der Waals surface area contributed by atoms with Gasteiger partial charge in [-0.05, 0) is 116 Å². The Bertz CT molecular complexity index is 1420. The molecule has 0 spiro atoms. The Morgan fingerprint density at radius 1 is 0.284 bits per heavy atom.